The predicted molar refractivity (Wildman–Crippen MR) is 100 cm³/mol. The molecule has 2 fully saturated rings. The number of carbonyl (C=O) groups is 3. The van der Waals surface area contributed by atoms with Crippen LogP contribution < -0.4 is 10.6 Å². The molecule has 27 heavy (non-hydrogen) atoms. The summed E-state index contributed by atoms with van der Waals surface area (Å²) in [4.78, 5) is 36.5. The van der Waals surface area contributed by atoms with Gasteiger partial charge in [0.25, 0.3) is 5.91 Å². The highest BCUT2D eigenvalue weighted by Crippen LogP contribution is 2.48. The summed E-state index contributed by atoms with van der Waals surface area (Å²) in [5.41, 5.74) is 1.14. The van der Waals surface area contributed by atoms with Crippen molar-refractivity contribution in [2.24, 2.45) is 23.7 Å². The maximum atomic E-state index is 12.7. The lowest BCUT2D eigenvalue weighted by molar-refractivity contribution is -0.146. The molecule has 0 aromatic heterocycles. The highest BCUT2D eigenvalue weighted by molar-refractivity contribution is 5.98. The van der Waals surface area contributed by atoms with Crippen LogP contribution in [-0.4, -0.2) is 28.9 Å². The van der Waals surface area contributed by atoms with Gasteiger partial charge in [-0.3, -0.25) is 14.4 Å². The monoisotopic (exact) mass is 368 g/mol. The number of anilines is 1. The van der Waals surface area contributed by atoms with Crippen molar-refractivity contribution >= 4 is 23.5 Å². The normalized spacial score (nSPS) is 29.0. The van der Waals surface area contributed by atoms with E-state index in [1.54, 1.807) is 24.3 Å². The maximum absolute atomic E-state index is 12.7. The van der Waals surface area contributed by atoms with Crippen molar-refractivity contribution in [1.29, 1.82) is 0 Å². The quantitative estimate of drug-likeness (QED) is 0.697. The van der Waals surface area contributed by atoms with E-state index in [0.29, 0.717) is 11.3 Å². The number of fused-ring (bicyclic) bond motifs is 2. The molecule has 0 radical (unpaired) electrons. The van der Waals surface area contributed by atoms with Gasteiger partial charge in [-0.05, 0) is 55.4 Å². The van der Waals surface area contributed by atoms with Gasteiger partial charge in [0.15, 0.2) is 0 Å². The van der Waals surface area contributed by atoms with E-state index in [9.17, 15) is 19.5 Å². The molecular formula is C21H24N2O4. The zero-order valence-corrected chi connectivity index (χ0v) is 15.1. The fourth-order valence-electron chi connectivity index (χ4n) is 4.79. The Morgan fingerprint density at radius 2 is 1.56 bits per heavy atom. The molecule has 2 bridgehead atoms. The van der Waals surface area contributed by atoms with Crippen molar-refractivity contribution in [1.82, 2.24) is 5.32 Å². The van der Waals surface area contributed by atoms with Crippen LogP contribution in [0.25, 0.3) is 0 Å². The summed E-state index contributed by atoms with van der Waals surface area (Å²) in [6.07, 6.45) is 8.99. The minimum absolute atomic E-state index is 0.00689. The predicted octanol–water partition coefficient (Wildman–Crippen LogP) is 2.82. The van der Waals surface area contributed by atoms with Crippen molar-refractivity contribution in [3.63, 3.8) is 0 Å². The van der Waals surface area contributed by atoms with Crippen LogP contribution in [0.15, 0.2) is 36.4 Å². The molecular weight excluding hydrogens is 344 g/mol. The van der Waals surface area contributed by atoms with Gasteiger partial charge in [0.1, 0.15) is 0 Å². The van der Waals surface area contributed by atoms with Gasteiger partial charge in [-0.2, -0.15) is 0 Å². The van der Waals surface area contributed by atoms with Gasteiger partial charge < -0.3 is 15.7 Å². The van der Waals surface area contributed by atoms with Gasteiger partial charge in [0.2, 0.25) is 5.91 Å². The van der Waals surface area contributed by atoms with Crippen molar-refractivity contribution < 1.29 is 19.5 Å². The Morgan fingerprint density at radius 1 is 0.926 bits per heavy atom. The van der Waals surface area contributed by atoms with Crippen LogP contribution in [0.5, 0.6) is 0 Å². The van der Waals surface area contributed by atoms with E-state index < -0.39 is 17.8 Å². The fraction of sp³-hybridized carbons (Fsp3) is 0.476. The second-order valence-corrected chi connectivity index (χ2v) is 7.86. The first-order valence-electron chi connectivity index (χ1n) is 9.66. The zero-order valence-electron chi connectivity index (χ0n) is 15.1. The maximum Gasteiger partial charge on any atom is 0.307 e. The Morgan fingerprint density at radius 3 is 2.19 bits per heavy atom. The smallest absolute Gasteiger partial charge is 0.307 e. The van der Waals surface area contributed by atoms with Gasteiger partial charge in [-0.1, -0.05) is 25.0 Å². The number of carboxylic acid groups (broad SMARTS) is 1. The Balaban J connectivity index is 1.39. The lowest BCUT2D eigenvalue weighted by atomic mass is 9.82. The molecule has 2 amide bonds. The van der Waals surface area contributed by atoms with E-state index in [0.717, 1.165) is 32.1 Å². The summed E-state index contributed by atoms with van der Waals surface area (Å²) in [5.74, 6) is -2.52. The highest BCUT2D eigenvalue weighted by Gasteiger charge is 2.51. The third-order valence-corrected chi connectivity index (χ3v) is 6.15. The van der Waals surface area contributed by atoms with Crippen LogP contribution in [0.4, 0.5) is 5.69 Å². The molecule has 0 heterocycles. The summed E-state index contributed by atoms with van der Waals surface area (Å²) < 4.78 is 0. The van der Waals surface area contributed by atoms with E-state index in [-0.39, 0.29) is 29.7 Å². The Hall–Kier alpha value is -2.63. The standard InChI is InChI=1S/C21H24N2O4/c24-19(22-15-3-1-2-4-15)12-7-9-16(10-8-12)23-20(25)17-13-5-6-14(11-13)18(17)21(26)27/h5-10,13-15,17-18H,1-4,11H2,(H,22,24)(H,23,25)(H,26,27). The van der Waals surface area contributed by atoms with Crippen molar-refractivity contribution in [2.45, 2.75) is 38.1 Å². The van der Waals surface area contributed by atoms with E-state index in [1.807, 2.05) is 12.2 Å². The molecule has 3 aliphatic carbocycles. The molecule has 142 valence electrons. The van der Waals surface area contributed by atoms with Gasteiger partial charge in [0.05, 0.1) is 11.8 Å². The number of benzene rings is 1. The average molecular weight is 368 g/mol. The molecule has 4 unspecified atom stereocenters. The molecule has 2 saturated carbocycles. The summed E-state index contributed by atoms with van der Waals surface area (Å²) >= 11 is 0. The number of carboxylic acids is 1. The third kappa shape index (κ3) is 3.48. The van der Waals surface area contributed by atoms with Crippen LogP contribution in [0.2, 0.25) is 0 Å². The molecule has 6 nitrogen and oxygen atoms in total. The number of rotatable bonds is 5. The number of aliphatic carboxylic acids is 1. The molecule has 4 rings (SSSR count). The molecule has 1 aromatic carbocycles. The number of hydrogen-bond donors (Lipinski definition) is 3. The second-order valence-electron chi connectivity index (χ2n) is 7.86. The number of nitrogens with one attached hydrogen (secondary N) is 2. The SMILES string of the molecule is O=C(NC1CCCC1)c1ccc(NC(=O)C2C3C=CC(C3)C2C(=O)O)cc1. The van der Waals surface area contributed by atoms with Gasteiger partial charge >= 0.3 is 5.97 Å². The topological polar surface area (TPSA) is 95.5 Å². The lowest BCUT2D eigenvalue weighted by Crippen LogP contribution is -2.36. The van der Waals surface area contributed by atoms with Crippen molar-refractivity contribution in [3.8, 4) is 0 Å². The minimum Gasteiger partial charge on any atom is -0.481 e. The van der Waals surface area contributed by atoms with E-state index in [4.69, 9.17) is 0 Å². The molecule has 6 heteroatoms. The summed E-state index contributed by atoms with van der Waals surface area (Å²) in [6, 6.07) is 7.03. The summed E-state index contributed by atoms with van der Waals surface area (Å²) in [6.45, 7) is 0. The summed E-state index contributed by atoms with van der Waals surface area (Å²) in [5, 5.41) is 15.3. The lowest BCUT2D eigenvalue weighted by Gasteiger charge is -2.23. The van der Waals surface area contributed by atoms with E-state index in [2.05, 4.69) is 10.6 Å². The first kappa shape index (κ1) is 17.8. The van der Waals surface area contributed by atoms with E-state index in [1.165, 1.54) is 0 Å². The molecule has 0 spiro atoms. The molecule has 4 atom stereocenters. The number of allylic oxidation sites excluding steroid dienone is 2. The molecule has 0 aliphatic heterocycles. The molecule has 0 saturated heterocycles. The highest BCUT2D eigenvalue weighted by atomic mass is 16.4. The Kier molecular flexibility index (Phi) is 4.72. The van der Waals surface area contributed by atoms with Crippen molar-refractivity contribution in [2.75, 3.05) is 5.32 Å². The number of carbonyl (C=O) groups excluding carboxylic acids is 2. The van der Waals surface area contributed by atoms with Crippen LogP contribution in [-0.2, 0) is 9.59 Å². The summed E-state index contributed by atoms with van der Waals surface area (Å²) in [7, 11) is 0. The molecule has 1 aromatic rings. The first-order valence-corrected chi connectivity index (χ1v) is 9.66. The second kappa shape index (κ2) is 7.18. The first-order chi connectivity index (χ1) is 13.0. The van der Waals surface area contributed by atoms with E-state index >= 15 is 0 Å². The largest absolute Gasteiger partial charge is 0.481 e. The Bertz CT molecular complexity index is 780. The molecule has 3 N–H and O–H groups in total. The van der Waals surface area contributed by atoms with Gasteiger partial charge in [-0.15, -0.1) is 0 Å². The van der Waals surface area contributed by atoms with Crippen LogP contribution in [0.3, 0.4) is 0 Å². The van der Waals surface area contributed by atoms with Crippen LogP contribution in [0, 0.1) is 23.7 Å². The van der Waals surface area contributed by atoms with Crippen LogP contribution >= 0.6 is 0 Å². The number of amides is 2. The number of hydrogen-bond acceptors (Lipinski definition) is 3. The fourth-order valence-corrected chi connectivity index (χ4v) is 4.79. The zero-order chi connectivity index (χ0) is 19.0. The van der Waals surface area contributed by atoms with Gasteiger partial charge in [0, 0.05) is 17.3 Å². The van der Waals surface area contributed by atoms with Crippen molar-refractivity contribution in [3.05, 3.63) is 42.0 Å². The van der Waals surface area contributed by atoms with Crippen LogP contribution in [0.1, 0.15) is 42.5 Å². The average Bonchev–Trinajstić information content (AvgIpc) is 3.39. The molecule has 3 aliphatic rings. The third-order valence-electron chi connectivity index (χ3n) is 6.15. The Labute approximate surface area is 158 Å². The van der Waals surface area contributed by atoms with Gasteiger partial charge in [-0.25, -0.2) is 0 Å². The minimum atomic E-state index is -0.911.